The SMILES string of the molecule is CC(C)c1ccccc1P(Cl)c1ccccc1. The van der Waals surface area contributed by atoms with Gasteiger partial charge in [0, 0.05) is 0 Å². The van der Waals surface area contributed by atoms with Crippen molar-refractivity contribution in [1.29, 1.82) is 0 Å². The van der Waals surface area contributed by atoms with E-state index in [1.54, 1.807) is 0 Å². The summed E-state index contributed by atoms with van der Waals surface area (Å²) in [5, 5.41) is 2.50. The van der Waals surface area contributed by atoms with Crippen LogP contribution in [0.25, 0.3) is 0 Å². The molecule has 2 rings (SSSR count). The van der Waals surface area contributed by atoms with E-state index in [0.29, 0.717) is 5.92 Å². The Labute approximate surface area is 109 Å². The second kappa shape index (κ2) is 5.67. The van der Waals surface area contributed by atoms with E-state index in [2.05, 4.69) is 50.2 Å². The van der Waals surface area contributed by atoms with Crippen LogP contribution in [0.2, 0.25) is 0 Å². The van der Waals surface area contributed by atoms with Gasteiger partial charge in [-0.1, -0.05) is 79.7 Å². The molecule has 1 unspecified atom stereocenters. The van der Waals surface area contributed by atoms with Gasteiger partial charge in [-0.15, -0.1) is 0 Å². The lowest BCUT2D eigenvalue weighted by Crippen LogP contribution is -2.13. The second-order valence-electron chi connectivity index (χ2n) is 4.33. The van der Waals surface area contributed by atoms with Gasteiger partial charge >= 0.3 is 0 Å². The third kappa shape index (κ3) is 2.89. The molecular formula is C15H16ClP. The predicted octanol–water partition coefficient (Wildman–Crippen LogP) is 4.40. The molecule has 0 nitrogen and oxygen atoms in total. The van der Waals surface area contributed by atoms with Crippen molar-refractivity contribution in [2.45, 2.75) is 19.8 Å². The first-order chi connectivity index (χ1) is 8.20. The van der Waals surface area contributed by atoms with Crippen LogP contribution < -0.4 is 10.6 Å². The minimum absolute atomic E-state index is 0.513. The fourth-order valence-corrected chi connectivity index (χ4v) is 4.14. The summed E-state index contributed by atoms with van der Waals surface area (Å²) in [4.78, 5) is 0. The first kappa shape index (κ1) is 12.6. The molecule has 88 valence electrons. The molecule has 0 saturated heterocycles. The molecule has 0 amide bonds. The number of halogens is 1. The highest BCUT2D eigenvalue weighted by atomic mass is 35.7. The van der Waals surface area contributed by atoms with Crippen LogP contribution in [0.4, 0.5) is 0 Å². The highest BCUT2D eigenvalue weighted by Gasteiger charge is 2.15. The molecule has 0 heterocycles. The maximum absolute atomic E-state index is 6.65. The second-order valence-corrected chi connectivity index (χ2v) is 6.90. The molecule has 0 aliphatic carbocycles. The zero-order valence-electron chi connectivity index (χ0n) is 10.1. The molecule has 2 aromatic rings. The minimum Gasteiger partial charge on any atom is -0.0859 e. The van der Waals surface area contributed by atoms with Crippen LogP contribution in [-0.2, 0) is 0 Å². The smallest absolute Gasteiger partial charge is 0.0527 e. The summed E-state index contributed by atoms with van der Waals surface area (Å²) in [6.07, 6.45) is 0. The number of hydrogen-bond acceptors (Lipinski definition) is 0. The van der Waals surface area contributed by atoms with Gasteiger partial charge in [-0.3, -0.25) is 0 Å². The zero-order valence-corrected chi connectivity index (χ0v) is 11.7. The van der Waals surface area contributed by atoms with E-state index in [9.17, 15) is 0 Å². The lowest BCUT2D eigenvalue weighted by atomic mass is 10.0. The lowest BCUT2D eigenvalue weighted by Gasteiger charge is -2.17. The molecule has 1 atom stereocenters. The molecule has 0 aromatic heterocycles. The van der Waals surface area contributed by atoms with Crippen molar-refractivity contribution in [1.82, 2.24) is 0 Å². The Bertz CT molecular complexity index is 479. The largest absolute Gasteiger partial charge is 0.0859 e. The Morgan fingerprint density at radius 1 is 0.882 bits per heavy atom. The third-order valence-electron chi connectivity index (χ3n) is 2.75. The Morgan fingerprint density at radius 3 is 2.12 bits per heavy atom. The van der Waals surface area contributed by atoms with Gasteiger partial charge in [0.15, 0.2) is 0 Å². The van der Waals surface area contributed by atoms with E-state index in [1.807, 2.05) is 18.2 Å². The maximum Gasteiger partial charge on any atom is 0.0527 e. The highest BCUT2D eigenvalue weighted by molar-refractivity contribution is 7.95. The van der Waals surface area contributed by atoms with Crippen molar-refractivity contribution in [3.05, 3.63) is 60.2 Å². The Balaban J connectivity index is 2.41. The number of benzene rings is 2. The Hall–Kier alpha value is -0.840. The molecule has 0 fully saturated rings. The molecule has 2 heteroatoms. The van der Waals surface area contributed by atoms with Crippen molar-refractivity contribution in [2.24, 2.45) is 0 Å². The van der Waals surface area contributed by atoms with Gasteiger partial charge in [0.25, 0.3) is 0 Å². The van der Waals surface area contributed by atoms with E-state index in [4.69, 9.17) is 11.2 Å². The third-order valence-corrected chi connectivity index (χ3v) is 5.47. The molecule has 17 heavy (non-hydrogen) atoms. The van der Waals surface area contributed by atoms with Gasteiger partial charge in [0.05, 0.1) is 7.27 Å². The molecule has 0 N–H and O–H groups in total. The summed E-state index contributed by atoms with van der Waals surface area (Å²) < 4.78 is 0. The molecule has 0 saturated carbocycles. The van der Waals surface area contributed by atoms with Crippen LogP contribution in [0.3, 0.4) is 0 Å². The number of rotatable bonds is 3. The number of hydrogen-bond donors (Lipinski definition) is 0. The summed E-state index contributed by atoms with van der Waals surface area (Å²) in [6, 6.07) is 18.8. The minimum atomic E-state index is -0.752. The van der Waals surface area contributed by atoms with E-state index >= 15 is 0 Å². The lowest BCUT2D eigenvalue weighted by molar-refractivity contribution is 0.874. The quantitative estimate of drug-likeness (QED) is 0.720. The van der Waals surface area contributed by atoms with Crippen LogP contribution in [0.5, 0.6) is 0 Å². The van der Waals surface area contributed by atoms with Crippen LogP contribution in [0.15, 0.2) is 54.6 Å². The van der Waals surface area contributed by atoms with Crippen molar-refractivity contribution >= 4 is 29.1 Å². The summed E-state index contributed by atoms with van der Waals surface area (Å²) >= 11 is 6.65. The fraction of sp³-hybridized carbons (Fsp3) is 0.200. The van der Waals surface area contributed by atoms with E-state index < -0.39 is 7.27 Å². The predicted molar refractivity (Wildman–Crippen MR) is 79.0 cm³/mol. The molecule has 0 radical (unpaired) electrons. The van der Waals surface area contributed by atoms with E-state index in [1.165, 1.54) is 16.2 Å². The van der Waals surface area contributed by atoms with Crippen LogP contribution >= 0.6 is 18.5 Å². The van der Waals surface area contributed by atoms with Crippen molar-refractivity contribution in [3.63, 3.8) is 0 Å². The average molecular weight is 263 g/mol. The summed E-state index contributed by atoms with van der Waals surface area (Å²) in [5.74, 6) is 0.513. The van der Waals surface area contributed by atoms with Crippen molar-refractivity contribution in [3.8, 4) is 0 Å². The Morgan fingerprint density at radius 2 is 1.47 bits per heavy atom. The monoisotopic (exact) mass is 262 g/mol. The van der Waals surface area contributed by atoms with Gasteiger partial charge in [-0.2, -0.15) is 0 Å². The topological polar surface area (TPSA) is 0 Å². The molecule has 0 aliphatic rings. The molecule has 0 aliphatic heterocycles. The average Bonchev–Trinajstić information content (AvgIpc) is 2.39. The van der Waals surface area contributed by atoms with Gasteiger partial charge in [0.1, 0.15) is 0 Å². The maximum atomic E-state index is 6.65. The van der Waals surface area contributed by atoms with Gasteiger partial charge in [0.2, 0.25) is 0 Å². The first-order valence-electron chi connectivity index (χ1n) is 5.80. The van der Waals surface area contributed by atoms with E-state index in [-0.39, 0.29) is 0 Å². The van der Waals surface area contributed by atoms with Crippen molar-refractivity contribution < 1.29 is 0 Å². The van der Waals surface area contributed by atoms with Gasteiger partial charge in [-0.25, -0.2) is 0 Å². The van der Waals surface area contributed by atoms with Crippen LogP contribution in [0, 0.1) is 0 Å². The fourth-order valence-electron chi connectivity index (χ4n) is 1.85. The first-order valence-corrected chi connectivity index (χ1v) is 8.04. The molecule has 2 aromatic carbocycles. The summed E-state index contributed by atoms with van der Waals surface area (Å²) in [5.41, 5.74) is 1.36. The molecular weight excluding hydrogens is 247 g/mol. The van der Waals surface area contributed by atoms with Gasteiger partial charge < -0.3 is 0 Å². The van der Waals surface area contributed by atoms with Crippen molar-refractivity contribution in [2.75, 3.05) is 0 Å². The van der Waals surface area contributed by atoms with Crippen LogP contribution in [0.1, 0.15) is 25.3 Å². The molecule has 0 spiro atoms. The van der Waals surface area contributed by atoms with Gasteiger partial charge in [-0.05, 0) is 22.1 Å². The normalized spacial score (nSPS) is 12.7. The Kier molecular flexibility index (Phi) is 4.20. The summed E-state index contributed by atoms with van der Waals surface area (Å²) in [6.45, 7) is 4.42. The zero-order chi connectivity index (χ0) is 12.3. The van der Waals surface area contributed by atoms with E-state index in [0.717, 1.165) is 0 Å². The highest BCUT2D eigenvalue weighted by Crippen LogP contribution is 2.41. The van der Waals surface area contributed by atoms with Crippen LogP contribution in [-0.4, -0.2) is 0 Å². The standard InChI is InChI=1S/C15H16ClP/c1-12(2)14-10-6-7-11-15(14)17(16)13-8-4-3-5-9-13/h3-12H,1-2H3. The molecule has 0 bridgehead atoms. The summed E-state index contributed by atoms with van der Waals surface area (Å²) in [7, 11) is -0.752.